The number of guanidine groups is 1. The van der Waals surface area contributed by atoms with Crippen LogP contribution in [0.1, 0.15) is 52.4 Å². The Labute approximate surface area is 117 Å². The summed E-state index contributed by atoms with van der Waals surface area (Å²) in [5, 5.41) is 13.6. The molecule has 110 valence electrons. The molecule has 0 aromatic carbocycles. The maximum atomic E-state index is 10.2. The van der Waals surface area contributed by atoms with Crippen molar-refractivity contribution in [3.8, 4) is 0 Å². The SMILES string of the molecule is CCNC(=NCC1(C)CCCCC1O)N1CCCC1. The van der Waals surface area contributed by atoms with Gasteiger partial charge in [0.2, 0.25) is 0 Å². The van der Waals surface area contributed by atoms with Crippen molar-refractivity contribution in [2.75, 3.05) is 26.2 Å². The quantitative estimate of drug-likeness (QED) is 0.607. The molecule has 0 spiro atoms. The van der Waals surface area contributed by atoms with Crippen molar-refractivity contribution in [1.82, 2.24) is 10.2 Å². The van der Waals surface area contributed by atoms with Gasteiger partial charge in [-0.05, 0) is 32.6 Å². The van der Waals surface area contributed by atoms with Gasteiger partial charge in [-0.15, -0.1) is 0 Å². The van der Waals surface area contributed by atoms with Crippen molar-refractivity contribution in [2.45, 2.75) is 58.5 Å². The fraction of sp³-hybridized carbons (Fsp3) is 0.933. The van der Waals surface area contributed by atoms with Gasteiger partial charge in [-0.25, -0.2) is 0 Å². The molecule has 0 aromatic heterocycles. The Morgan fingerprint density at radius 1 is 1.32 bits per heavy atom. The molecule has 1 saturated carbocycles. The van der Waals surface area contributed by atoms with Crippen LogP contribution in [0.25, 0.3) is 0 Å². The zero-order chi connectivity index (χ0) is 13.7. The lowest BCUT2D eigenvalue weighted by atomic mass is 9.73. The topological polar surface area (TPSA) is 47.9 Å². The molecule has 4 heteroatoms. The fourth-order valence-corrected chi connectivity index (χ4v) is 3.18. The lowest BCUT2D eigenvalue weighted by Gasteiger charge is -2.37. The highest BCUT2D eigenvalue weighted by Crippen LogP contribution is 2.36. The average molecular weight is 267 g/mol. The monoisotopic (exact) mass is 267 g/mol. The van der Waals surface area contributed by atoms with Crippen molar-refractivity contribution in [2.24, 2.45) is 10.4 Å². The zero-order valence-electron chi connectivity index (χ0n) is 12.5. The number of rotatable bonds is 3. The van der Waals surface area contributed by atoms with Gasteiger partial charge in [0.05, 0.1) is 12.6 Å². The summed E-state index contributed by atoms with van der Waals surface area (Å²) in [6, 6.07) is 0. The summed E-state index contributed by atoms with van der Waals surface area (Å²) in [5.74, 6) is 1.04. The Morgan fingerprint density at radius 2 is 2.05 bits per heavy atom. The van der Waals surface area contributed by atoms with Crippen LogP contribution in [0.2, 0.25) is 0 Å². The summed E-state index contributed by atoms with van der Waals surface area (Å²) in [5.41, 5.74) is -0.0291. The van der Waals surface area contributed by atoms with Crippen LogP contribution in [0.4, 0.5) is 0 Å². The number of aliphatic hydroxyl groups excluding tert-OH is 1. The molecule has 2 atom stereocenters. The standard InChI is InChI=1S/C15H29N3O/c1-3-16-14(18-10-6-7-11-18)17-12-15(2)9-5-4-8-13(15)19/h13,19H,3-12H2,1-2H3,(H,16,17). The Kier molecular flexibility index (Phi) is 5.08. The summed E-state index contributed by atoms with van der Waals surface area (Å²) >= 11 is 0. The van der Waals surface area contributed by atoms with Crippen molar-refractivity contribution in [1.29, 1.82) is 0 Å². The second-order valence-corrected chi connectivity index (χ2v) is 6.28. The highest BCUT2D eigenvalue weighted by molar-refractivity contribution is 5.80. The summed E-state index contributed by atoms with van der Waals surface area (Å²) in [6.45, 7) is 8.19. The highest BCUT2D eigenvalue weighted by atomic mass is 16.3. The maximum absolute atomic E-state index is 10.2. The average Bonchev–Trinajstić information content (AvgIpc) is 2.92. The molecule has 2 rings (SSSR count). The minimum absolute atomic E-state index is 0.0291. The van der Waals surface area contributed by atoms with Gasteiger partial charge in [-0.3, -0.25) is 4.99 Å². The first-order valence-corrected chi connectivity index (χ1v) is 7.87. The molecular formula is C15H29N3O. The van der Waals surface area contributed by atoms with E-state index in [1.54, 1.807) is 0 Å². The normalized spacial score (nSPS) is 32.7. The molecule has 1 saturated heterocycles. The predicted molar refractivity (Wildman–Crippen MR) is 79.4 cm³/mol. The summed E-state index contributed by atoms with van der Waals surface area (Å²) < 4.78 is 0. The van der Waals surface area contributed by atoms with E-state index in [1.165, 1.54) is 19.3 Å². The third-order valence-electron chi connectivity index (χ3n) is 4.61. The second-order valence-electron chi connectivity index (χ2n) is 6.28. The van der Waals surface area contributed by atoms with Gasteiger partial charge in [-0.1, -0.05) is 19.8 Å². The molecule has 0 amide bonds. The second kappa shape index (κ2) is 6.60. The van der Waals surface area contributed by atoms with E-state index in [0.717, 1.165) is 51.4 Å². The number of nitrogens with zero attached hydrogens (tertiary/aromatic N) is 2. The largest absolute Gasteiger partial charge is 0.392 e. The Morgan fingerprint density at radius 3 is 2.68 bits per heavy atom. The Bertz CT molecular complexity index is 313. The van der Waals surface area contributed by atoms with Gasteiger partial charge in [0.25, 0.3) is 0 Å². The van der Waals surface area contributed by atoms with Crippen LogP contribution in [0, 0.1) is 5.41 Å². The van der Waals surface area contributed by atoms with Gasteiger partial charge >= 0.3 is 0 Å². The minimum Gasteiger partial charge on any atom is -0.392 e. The van der Waals surface area contributed by atoms with Crippen LogP contribution in [0.5, 0.6) is 0 Å². The lowest BCUT2D eigenvalue weighted by Crippen LogP contribution is -2.42. The molecule has 0 bridgehead atoms. The van der Waals surface area contributed by atoms with E-state index in [-0.39, 0.29) is 11.5 Å². The van der Waals surface area contributed by atoms with Crippen LogP contribution >= 0.6 is 0 Å². The Balaban J connectivity index is 2.00. The van der Waals surface area contributed by atoms with Crippen LogP contribution in [-0.2, 0) is 0 Å². The summed E-state index contributed by atoms with van der Waals surface area (Å²) in [4.78, 5) is 7.16. The van der Waals surface area contributed by atoms with Crippen LogP contribution in [-0.4, -0.2) is 48.2 Å². The third kappa shape index (κ3) is 3.62. The molecule has 2 fully saturated rings. The first kappa shape index (κ1) is 14.6. The highest BCUT2D eigenvalue weighted by Gasteiger charge is 2.35. The van der Waals surface area contributed by atoms with Crippen molar-refractivity contribution in [3.63, 3.8) is 0 Å². The first-order chi connectivity index (χ1) is 9.15. The fourth-order valence-electron chi connectivity index (χ4n) is 3.18. The number of nitrogens with one attached hydrogen (secondary N) is 1. The molecule has 19 heavy (non-hydrogen) atoms. The lowest BCUT2D eigenvalue weighted by molar-refractivity contribution is 0.00706. The van der Waals surface area contributed by atoms with Gasteiger partial charge in [0.15, 0.2) is 5.96 Å². The van der Waals surface area contributed by atoms with E-state index in [0.29, 0.717) is 0 Å². The number of aliphatic hydroxyl groups is 1. The molecular weight excluding hydrogens is 238 g/mol. The van der Waals surface area contributed by atoms with Crippen LogP contribution in [0.15, 0.2) is 4.99 Å². The van der Waals surface area contributed by atoms with Crippen molar-refractivity contribution in [3.05, 3.63) is 0 Å². The maximum Gasteiger partial charge on any atom is 0.193 e. The summed E-state index contributed by atoms with van der Waals surface area (Å²) in [7, 11) is 0. The molecule has 1 heterocycles. The number of hydrogen-bond acceptors (Lipinski definition) is 2. The molecule has 2 unspecified atom stereocenters. The molecule has 2 N–H and O–H groups in total. The van der Waals surface area contributed by atoms with E-state index < -0.39 is 0 Å². The molecule has 4 nitrogen and oxygen atoms in total. The van der Waals surface area contributed by atoms with E-state index in [4.69, 9.17) is 4.99 Å². The minimum atomic E-state index is -0.188. The zero-order valence-corrected chi connectivity index (χ0v) is 12.5. The molecule has 0 radical (unpaired) electrons. The summed E-state index contributed by atoms with van der Waals surface area (Å²) in [6.07, 6.45) is 6.76. The van der Waals surface area contributed by atoms with Crippen LogP contribution in [0.3, 0.4) is 0 Å². The number of hydrogen-bond donors (Lipinski definition) is 2. The van der Waals surface area contributed by atoms with Gasteiger partial charge in [-0.2, -0.15) is 0 Å². The molecule has 0 aromatic rings. The van der Waals surface area contributed by atoms with E-state index in [9.17, 15) is 5.11 Å². The van der Waals surface area contributed by atoms with Gasteiger partial charge in [0.1, 0.15) is 0 Å². The predicted octanol–water partition coefficient (Wildman–Crippen LogP) is 1.99. The third-order valence-corrected chi connectivity index (χ3v) is 4.61. The van der Waals surface area contributed by atoms with E-state index >= 15 is 0 Å². The van der Waals surface area contributed by atoms with Crippen molar-refractivity contribution >= 4 is 5.96 Å². The molecule has 2 aliphatic rings. The number of likely N-dealkylation sites (tertiary alicyclic amines) is 1. The van der Waals surface area contributed by atoms with Gasteiger partial charge in [0, 0.05) is 25.0 Å². The molecule has 1 aliphatic carbocycles. The van der Waals surface area contributed by atoms with E-state index in [1.807, 2.05) is 0 Å². The smallest absolute Gasteiger partial charge is 0.193 e. The number of aliphatic imine (C=N–C) groups is 1. The van der Waals surface area contributed by atoms with Crippen LogP contribution < -0.4 is 5.32 Å². The van der Waals surface area contributed by atoms with Crippen molar-refractivity contribution < 1.29 is 5.11 Å². The van der Waals surface area contributed by atoms with Gasteiger partial charge < -0.3 is 15.3 Å². The molecule has 1 aliphatic heterocycles. The first-order valence-electron chi connectivity index (χ1n) is 7.87. The van der Waals surface area contributed by atoms with E-state index in [2.05, 4.69) is 24.1 Å². The Hall–Kier alpha value is -0.770.